The topological polar surface area (TPSA) is 157 Å². The van der Waals surface area contributed by atoms with E-state index in [1.54, 1.807) is 37.4 Å². The van der Waals surface area contributed by atoms with E-state index in [0.29, 0.717) is 27.8 Å². The number of thioether (sulfide) groups is 2. The van der Waals surface area contributed by atoms with E-state index in [1.807, 2.05) is 0 Å². The molecule has 0 radical (unpaired) electrons. The van der Waals surface area contributed by atoms with Crippen molar-refractivity contribution < 1.29 is 29.0 Å². The maximum atomic E-state index is 12.8. The molecule has 1 aromatic carbocycles. The summed E-state index contributed by atoms with van der Waals surface area (Å²) in [5.74, 6) is -1.79. The normalized spacial score (nSPS) is 20.5. The second-order valence-electron chi connectivity index (χ2n) is 7.05. The molecule has 2 aromatic rings. The fourth-order valence-electron chi connectivity index (χ4n) is 3.49. The molecule has 1 fully saturated rings. The van der Waals surface area contributed by atoms with E-state index < -0.39 is 35.3 Å². The largest absolute Gasteiger partial charge is 0.477 e. The van der Waals surface area contributed by atoms with E-state index in [9.17, 15) is 24.3 Å². The van der Waals surface area contributed by atoms with Crippen molar-refractivity contribution in [1.82, 2.24) is 30.4 Å². The average Bonchev–Trinajstić information content (AvgIpc) is 3.23. The molecule has 0 bridgehead atoms. The molecule has 33 heavy (non-hydrogen) atoms. The summed E-state index contributed by atoms with van der Waals surface area (Å²) in [6, 6.07) is 7.45. The second-order valence-corrected chi connectivity index (χ2v) is 9.10. The smallest absolute Gasteiger partial charge is 0.352 e. The first-order valence-corrected chi connectivity index (χ1v) is 11.7. The van der Waals surface area contributed by atoms with Gasteiger partial charge < -0.3 is 15.2 Å². The summed E-state index contributed by atoms with van der Waals surface area (Å²) < 4.78 is 6.40. The van der Waals surface area contributed by atoms with Gasteiger partial charge >= 0.3 is 5.97 Å². The SMILES string of the molecule is Cn1nnnc1SCC1=C(C(=O)O)N2C(=O)C(NC(=O)[C@H](OC=O)c3ccccc3)C2SC1. The Balaban J connectivity index is 1.48. The lowest BCUT2D eigenvalue weighted by atomic mass is 10.0. The first kappa shape index (κ1) is 22.8. The van der Waals surface area contributed by atoms with Gasteiger partial charge in [0, 0.05) is 24.1 Å². The van der Waals surface area contributed by atoms with Crippen LogP contribution in [0.15, 0.2) is 46.8 Å². The molecule has 3 heterocycles. The molecule has 2 amide bonds. The van der Waals surface area contributed by atoms with E-state index in [0.717, 1.165) is 0 Å². The second kappa shape index (κ2) is 9.62. The third-order valence-electron chi connectivity index (χ3n) is 5.04. The molecule has 2 aliphatic heterocycles. The van der Waals surface area contributed by atoms with E-state index in [1.165, 1.54) is 33.1 Å². The number of ether oxygens (including phenoxy) is 1. The number of tetrazole rings is 1. The average molecular weight is 491 g/mol. The highest BCUT2D eigenvalue weighted by atomic mass is 32.2. The number of β-lactam (4-membered cyclic amide) rings is 1. The van der Waals surface area contributed by atoms with Crippen molar-refractivity contribution in [3.8, 4) is 0 Å². The van der Waals surface area contributed by atoms with Gasteiger partial charge in [0.25, 0.3) is 18.3 Å². The summed E-state index contributed by atoms with van der Waals surface area (Å²) in [5, 5.41) is 23.4. The van der Waals surface area contributed by atoms with E-state index >= 15 is 0 Å². The Bertz CT molecular complexity index is 1120. The van der Waals surface area contributed by atoms with Crippen LogP contribution in [0.2, 0.25) is 0 Å². The molecule has 14 heteroatoms. The zero-order valence-corrected chi connectivity index (χ0v) is 18.8. The molecule has 1 aromatic heterocycles. The number of nitrogens with one attached hydrogen (secondary N) is 1. The van der Waals surface area contributed by atoms with Gasteiger partial charge in [0.1, 0.15) is 17.1 Å². The Labute approximate surface area is 195 Å². The van der Waals surface area contributed by atoms with Gasteiger partial charge in [0.15, 0.2) is 0 Å². The van der Waals surface area contributed by atoms with E-state index in [2.05, 4.69) is 20.8 Å². The quantitative estimate of drug-likeness (QED) is 0.276. The number of aliphatic carboxylic acids is 1. The fraction of sp³-hybridized carbons (Fsp3) is 0.316. The van der Waals surface area contributed by atoms with Gasteiger partial charge in [-0.15, -0.1) is 16.9 Å². The summed E-state index contributed by atoms with van der Waals surface area (Å²) in [6.45, 7) is 0.170. The number of benzene rings is 1. The van der Waals surface area contributed by atoms with Crippen LogP contribution in [0.1, 0.15) is 11.7 Å². The van der Waals surface area contributed by atoms with Crippen LogP contribution in [-0.4, -0.2) is 77.4 Å². The molecule has 2 N–H and O–H groups in total. The highest BCUT2D eigenvalue weighted by Gasteiger charge is 2.54. The Hall–Kier alpha value is -3.39. The number of carbonyl (C=O) groups is 4. The van der Waals surface area contributed by atoms with Crippen molar-refractivity contribution in [3.63, 3.8) is 0 Å². The zero-order chi connectivity index (χ0) is 23.5. The number of carboxylic acid groups (broad SMARTS) is 1. The van der Waals surface area contributed by atoms with Gasteiger partial charge in [0.2, 0.25) is 11.3 Å². The molecule has 12 nitrogen and oxygen atoms in total. The highest BCUT2D eigenvalue weighted by molar-refractivity contribution is 8.01. The minimum absolute atomic E-state index is 0.0966. The van der Waals surface area contributed by atoms with E-state index in [4.69, 9.17) is 4.74 Å². The number of hydrogen-bond acceptors (Lipinski definition) is 10. The molecular weight excluding hydrogens is 472 g/mol. The third-order valence-corrected chi connectivity index (χ3v) is 7.47. The Kier molecular flexibility index (Phi) is 6.65. The van der Waals surface area contributed by atoms with Gasteiger partial charge in [-0.3, -0.25) is 19.3 Å². The molecular formula is C19H18N6O6S2. The summed E-state index contributed by atoms with van der Waals surface area (Å²) in [7, 11) is 1.67. The monoisotopic (exact) mass is 490 g/mol. The maximum Gasteiger partial charge on any atom is 0.352 e. The number of hydrogen-bond donors (Lipinski definition) is 2. The molecule has 0 saturated carbocycles. The zero-order valence-electron chi connectivity index (χ0n) is 17.2. The van der Waals surface area contributed by atoms with Crippen molar-refractivity contribution in [2.75, 3.05) is 11.5 Å². The van der Waals surface area contributed by atoms with Crippen LogP contribution in [-0.2, 0) is 31.0 Å². The Morgan fingerprint density at radius 2 is 2.15 bits per heavy atom. The third kappa shape index (κ3) is 4.43. The lowest BCUT2D eigenvalue weighted by Gasteiger charge is -2.49. The van der Waals surface area contributed by atoms with Crippen molar-refractivity contribution in [3.05, 3.63) is 47.2 Å². The molecule has 2 unspecified atom stereocenters. The summed E-state index contributed by atoms with van der Waals surface area (Å²) >= 11 is 2.61. The molecule has 172 valence electrons. The molecule has 0 aliphatic carbocycles. The van der Waals surface area contributed by atoms with Crippen LogP contribution in [0.25, 0.3) is 0 Å². The fourth-order valence-corrected chi connectivity index (χ4v) is 5.83. The minimum Gasteiger partial charge on any atom is -0.477 e. The van der Waals surface area contributed by atoms with Crippen molar-refractivity contribution >= 4 is 47.8 Å². The van der Waals surface area contributed by atoms with Gasteiger partial charge in [0.05, 0.1) is 0 Å². The lowest BCUT2D eigenvalue weighted by molar-refractivity contribution is -0.154. The number of amides is 2. The van der Waals surface area contributed by atoms with Crippen LogP contribution < -0.4 is 5.32 Å². The standard InChI is InChI=1S/C19H18N6O6S2/c1-24-19(21-22-23-24)33-8-11-7-32-17-12(16(28)25(17)13(11)18(29)30)20-15(27)14(31-9-26)10-5-3-2-4-6-10/h2-6,9,12,14,17H,7-8H2,1H3,(H,20,27)(H,29,30)/t12?,14-,17?/m1/s1. The van der Waals surface area contributed by atoms with E-state index in [-0.39, 0.29) is 12.2 Å². The van der Waals surface area contributed by atoms with Crippen LogP contribution >= 0.6 is 23.5 Å². The predicted molar refractivity (Wildman–Crippen MR) is 116 cm³/mol. The first-order chi connectivity index (χ1) is 15.9. The number of nitrogens with zero attached hydrogens (tertiary/aromatic N) is 5. The van der Waals surface area contributed by atoms with Crippen molar-refractivity contribution in [1.29, 1.82) is 0 Å². The van der Waals surface area contributed by atoms with Crippen LogP contribution in [0.4, 0.5) is 0 Å². The molecule has 1 saturated heterocycles. The summed E-state index contributed by atoms with van der Waals surface area (Å²) in [5.41, 5.74) is 0.910. The predicted octanol–water partition coefficient (Wildman–Crippen LogP) is -0.0449. The van der Waals surface area contributed by atoms with Crippen LogP contribution in [0.5, 0.6) is 0 Å². The number of carboxylic acids is 1. The Morgan fingerprint density at radius 3 is 2.79 bits per heavy atom. The minimum atomic E-state index is -1.23. The lowest BCUT2D eigenvalue weighted by Crippen LogP contribution is -2.71. The molecule has 3 atom stereocenters. The van der Waals surface area contributed by atoms with Gasteiger partial charge in [-0.1, -0.05) is 42.1 Å². The molecule has 0 spiro atoms. The number of aromatic nitrogens is 4. The summed E-state index contributed by atoms with van der Waals surface area (Å²) in [4.78, 5) is 49.7. The maximum absolute atomic E-state index is 12.8. The first-order valence-electron chi connectivity index (χ1n) is 9.62. The number of fused-ring (bicyclic) bond motifs is 1. The summed E-state index contributed by atoms with van der Waals surface area (Å²) in [6.07, 6.45) is -1.22. The number of aryl methyl sites for hydroxylation is 1. The molecule has 4 rings (SSSR count). The Morgan fingerprint density at radius 1 is 1.39 bits per heavy atom. The van der Waals surface area contributed by atoms with Crippen LogP contribution in [0.3, 0.4) is 0 Å². The number of carbonyl (C=O) groups excluding carboxylic acids is 3. The molecule has 2 aliphatic rings. The highest BCUT2D eigenvalue weighted by Crippen LogP contribution is 2.41. The van der Waals surface area contributed by atoms with Gasteiger partial charge in [-0.2, -0.15) is 0 Å². The number of rotatable bonds is 9. The van der Waals surface area contributed by atoms with Crippen LogP contribution in [0, 0.1) is 0 Å². The van der Waals surface area contributed by atoms with Gasteiger partial charge in [-0.05, 0) is 16.0 Å². The van der Waals surface area contributed by atoms with Crippen molar-refractivity contribution in [2.24, 2.45) is 7.05 Å². The van der Waals surface area contributed by atoms with Gasteiger partial charge in [-0.25, -0.2) is 9.48 Å². The van der Waals surface area contributed by atoms with Crippen molar-refractivity contribution in [2.45, 2.75) is 22.7 Å².